The van der Waals surface area contributed by atoms with Gasteiger partial charge in [-0.3, -0.25) is 4.79 Å². The van der Waals surface area contributed by atoms with E-state index in [-0.39, 0.29) is 23.8 Å². The number of hydrogen-bond acceptors (Lipinski definition) is 5. The van der Waals surface area contributed by atoms with Crippen molar-refractivity contribution in [3.05, 3.63) is 82.7 Å². The lowest BCUT2D eigenvalue weighted by atomic mass is 10.2. The van der Waals surface area contributed by atoms with Crippen molar-refractivity contribution in [1.29, 1.82) is 0 Å². The summed E-state index contributed by atoms with van der Waals surface area (Å²) in [4.78, 5) is 12.3. The van der Waals surface area contributed by atoms with Gasteiger partial charge >= 0.3 is 0 Å². The summed E-state index contributed by atoms with van der Waals surface area (Å²) in [5.74, 6) is 0.451. The zero-order valence-corrected chi connectivity index (χ0v) is 18.4. The molecule has 0 atom stereocenters. The maximum absolute atomic E-state index is 12.2. The summed E-state index contributed by atoms with van der Waals surface area (Å²) in [5, 5.41) is 2.77. The standard InChI is InChI=1S/C21H21BrN2O5S/c22-17-6-8-20(9-7-17)30(26,27)23-11-10-21(25)24-18-4-1-3-16(13-18)14-28-15-19-5-2-12-29-19/h1-9,12-13,23H,10-11,14-15H2,(H,24,25). The minimum Gasteiger partial charge on any atom is -0.467 e. The van der Waals surface area contributed by atoms with Gasteiger partial charge in [0.25, 0.3) is 0 Å². The molecule has 0 fully saturated rings. The smallest absolute Gasteiger partial charge is 0.240 e. The maximum Gasteiger partial charge on any atom is 0.240 e. The van der Waals surface area contributed by atoms with Crippen LogP contribution in [-0.2, 0) is 32.8 Å². The molecule has 9 heteroatoms. The van der Waals surface area contributed by atoms with E-state index < -0.39 is 10.0 Å². The fourth-order valence-corrected chi connectivity index (χ4v) is 3.92. The van der Waals surface area contributed by atoms with Crippen LogP contribution < -0.4 is 10.0 Å². The molecular formula is C21H21BrN2O5S. The molecule has 7 nitrogen and oxygen atoms in total. The van der Waals surface area contributed by atoms with Crippen LogP contribution in [0.5, 0.6) is 0 Å². The van der Waals surface area contributed by atoms with Gasteiger partial charge in [-0.05, 0) is 54.1 Å². The van der Waals surface area contributed by atoms with E-state index in [0.717, 1.165) is 15.8 Å². The average molecular weight is 493 g/mol. The number of amides is 1. The third-order valence-electron chi connectivity index (χ3n) is 4.07. The van der Waals surface area contributed by atoms with Crippen molar-refractivity contribution in [3.63, 3.8) is 0 Å². The topological polar surface area (TPSA) is 97.6 Å². The lowest BCUT2D eigenvalue weighted by Crippen LogP contribution is -2.27. The molecule has 2 N–H and O–H groups in total. The molecule has 1 heterocycles. The highest BCUT2D eigenvalue weighted by molar-refractivity contribution is 9.10. The number of furan rings is 1. The first-order chi connectivity index (χ1) is 14.4. The first-order valence-corrected chi connectivity index (χ1v) is 11.4. The number of halogens is 1. The van der Waals surface area contributed by atoms with Gasteiger partial charge in [0.2, 0.25) is 15.9 Å². The molecule has 1 amide bonds. The van der Waals surface area contributed by atoms with Crippen molar-refractivity contribution in [2.75, 3.05) is 11.9 Å². The van der Waals surface area contributed by atoms with E-state index >= 15 is 0 Å². The summed E-state index contributed by atoms with van der Waals surface area (Å²) in [7, 11) is -3.66. The lowest BCUT2D eigenvalue weighted by molar-refractivity contribution is -0.116. The molecule has 0 aliphatic rings. The average Bonchev–Trinajstić information content (AvgIpc) is 3.22. The van der Waals surface area contributed by atoms with Crippen LogP contribution in [0, 0.1) is 0 Å². The summed E-state index contributed by atoms with van der Waals surface area (Å²) in [5.41, 5.74) is 1.52. The molecule has 0 aliphatic heterocycles. The van der Waals surface area contributed by atoms with Gasteiger partial charge in [-0.2, -0.15) is 0 Å². The van der Waals surface area contributed by atoms with Gasteiger partial charge in [0.05, 0.1) is 17.8 Å². The van der Waals surface area contributed by atoms with Crippen molar-refractivity contribution in [2.45, 2.75) is 24.5 Å². The van der Waals surface area contributed by atoms with Crippen LogP contribution in [0.3, 0.4) is 0 Å². The highest BCUT2D eigenvalue weighted by Gasteiger charge is 2.14. The van der Waals surface area contributed by atoms with Crippen LogP contribution >= 0.6 is 15.9 Å². The molecule has 3 rings (SSSR count). The largest absolute Gasteiger partial charge is 0.467 e. The second kappa shape index (κ2) is 10.5. The number of carbonyl (C=O) groups is 1. The number of nitrogens with one attached hydrogen (secondary N) is 2. The zero-order valence-electron chi connectivity index (χ0n) is 16.0. The predicted molar refractivity (Wildman–Crippen MR) is 116 cm³/mol. The Hall–Kier alpha value is -2.46. The van der Waals surface area contributed by atoms with Crippen LogP contribution in [-0.4, -0.2) is 20.9 Å². The number of carbonyl (C=O) groups excluding carboxylic acids is 1. The Morgan fingerprint density at radius 1 is 1.03 bits per heavy atom. The molecule has 0 aliphatic carbocycles. The SMILES string of the molecule is O=C(CCNS(=O)(=O)c1ccc(Br)cc1)Nc1cccc(COCc2ccco2)c1. The molecule has 30 heavy (non-hydrogen) atoms. The Bertz CT molecular complexity index is 1070. The Balaban J connectivity index is 1.44. The normalized spacial score (nSPS) is 11.4. The Kier molecular flexibility index (Phi) is 7.81. The van der Waals surface area contributed by atoms with E-state index in [1.807, 2.05) is 24.3 Å². The molecule has 0 saturated carbocycles. The molecule has 0 spiro atoms. The van der Waals surface area contributed by atoms with E-state index in [0.29, 0.717) is 18.9 Å². The molecule has 0 radical (unpaired) electrons. The summed E-state index contributed by atoms with van der Waals surface area (Å²) in [6.45, 7) is 0.732. The van der Waals surface area contributed by atoms with Crippen LogP contribution in [0.25, 0.3) is 0 Å². The van der Waals surface area contributed by atoms with Gasteiger partial charge in [-0.15, -0.1) is 0 Å². The Morgan fingerprint density at radius 3 is 2.57 bits per heavy atom. The number of sulfonamides is 1. The Morgan fingerprint density at radius 2 is 1.83 bits per heavy atom. The van der Waals surface area contributed by atoms with Gasteiger partial charge < -0.3 is 14.5 Å². The molecule has 0 unspecified atom stereocenters. The molecule has 1 aromatic heterocycles. The van der Waals surface area contributed by atoms with Crippen molar-refractivity contribution in [2.24, 2.45) is 0 Å². The summed E-state index contributed by atoms with van der Waals surface area (Å²) in [6.07, 6.45) is 1.60. The second-order valence-corrected chi connectivity index (χ2v) is 9.11. The van der Waals surface area contributed by atoms with Gasteiger partial charge in [0.15, 0.2) is 0 Å². The van der Waals surface area contributed by atoms with Gasteiger partial charge in [0, 0.05) is 23.1 Å². The van der Waals surface area contributed by atoms with E-state index in [2.05, 4.69) is 26.0 Å². The number of benzene rings is 2. The quantitative estimate of drug-likeness (QED) is 0.444. The molecule has 158 valence electrons. The van der Waals surface area contributed by atoms with Crippen LogP contribution in [0.2, 0.25) is 0 Å². The van der Waals surface area contributed by atoms with E-state index in [1.54, 1.807) is 30.5 Å². The van der Waals surface area contributed by atoms with E-state index in [4.69, 9.17) is 9.15 Å². The molecule has 2 aromatic carbocycles. The first-order valence-electron chi connectivity index (χ1n) is 9.16. The van der Waals surface area contributed by atoms with Crippen LogP contribution in [0.1, 0.15) is 17.7 Å². The zero-order chi connectivity index (χ0) is 21.4. The maximum atomic E-state index is 12.2. The summed E-state index contributed by atoms with van der Waals surface area (Å²) >= 11 is 3.26. The van der Waals surface area contributed by atoms with Crippen LogP contribution in [0.4, 0.5) is 5.69 Å². The number of rotatable bonds is 10. The Labute approximate surface area is 183 Å². The molecule has 0 bridgehead atoms. The molecule has 0 saturated heterocycles. The van der Waals surface area contributed by atoms with Crippen molar-refractivity contribution < 1.29 is 22.4 Å². The fourth-order valence-electron chi connectivity index (χ4n) is 2.62. The van der Waals surface area contributed by atoms with E-state index in [9.17, 15) is 13.2 Å². The summed E-state index contributed by atoms with van der Waals surface area (Å²) < 4.78 is 38.5. The minimum atomic E-state index is -3.66. The highest BCUT2D eigenvalue weighted by Crippen LogP contribution is 2.15. The number of hydrogen-bond donors (Lipinski definition) is 2. The minimum absolute atomic E-state index is 0.00379. The summed E-state index contributed by atoms with van der Waals surface area (Å²) in [6, 6.07) is 17.2. The lowest BCUT2D eigenvalue weighted by Gasteiger charge is -2.09. The molecule has 3 aromatic rings. The molecular weight excluding hydrogens is 472 g/mol. The number of ether oxygens (including phenoxy) is 1. The number of anilines is 1. The third kappa shape index (κ3) is 6.81. The predicted octanol–water partition coefficient (Wildman–Crippen LogP) is 4.07. The van der Waals surface area contributed by atoms with Crippen molar-refractivity contribution in [3.8, 4) is 0 Å². The van der Waals surface area contributed by atoms with E-state index in [1.165, 1.54) is 12.1 Å². The second-order valence-electron chi connectivity index (χ2n) is 6.42. The van der Waals surface area contributed by atoms with Crippen molar-refractivity contribution >= 4 is 37.5 Å². The first kappa shape index (κ1) is 22.2. The monoisotopic (exact) mass is 492 g/mol. The van der Waals surface area contributed by atoms with Gasteiger partial charge in [0.1, 0.15) is 12.4 Å². The van der Waals surface area contributed by atoms with Gasteiger partial charge in [-0.1, -0.05) is 28.1 Å². The van der Waals surface area contributed by atoms with Gasteiger partial charge in [-0.25, -0.2) is 13.1 Å². The highest BCUT2D eigenvalue weighted by atomic mass is 79.9. The van der Waals surface area contributed by atoms with Crippen LogP contribution in [0.15, 0.2) is 80.7 Å². The third-order valence-corrected chi connectivity index (χ3v) is 6.08. The van der Waals surface area contributed by atoms with Crippen molar-refractivity contribution in [1.82, 2.24) is 4.72 Å². The fraction of sp³-hybridized carbons (Fsp3) is 0.190.